The van der Waals surface area contributed by atoms with Gasteiger partial charge in [-0.1, -0.05) is 51.3 Å². The van der Waals surface area contributed by atoms with E-state index in [1.54, 1.807) is 0 Å². The fraction of sp³-hybridized carbons (Fsp3) is 0.579. The summed E-state index contributed by atoms with van der Waals surface area (Å²) in [6.45, 7) is 5.42. The third-order valence-corrected chi connectivity index (χ3v) is 4.16. The van der Waals surface area contributed by atoms with Crippen LogP contribution in [0.2, 0.25) is 0 Å². The number of benzene rings is 1. The van der Waals surface area contributed by atoms with Crippen LogP contribution in [0.1, 0.15) is 64.4 Å². The quantitative estimate of drug-likeness (QED) is 0.566. The monoisotopic (exact) mass is 272 g/mol. The van der Waals surface area contributed by atoms with Crippen LogP contribution in [0, 0.1) is 5.92 Å². The van der Waals surface area contributed by atoms with Crippen LogP contribution in [0.3, 0.4) is 0 Å². The third-order valence-electron chi connectivity index (χ3n) is 4.16. The van der Waals surface area contributed by atoms with E-state index in [1.165, 1.54) is 56.1 Å². The summed E-state index contributed by atoms with van der Waals surface area (Å²) in [6.07, 6.45) is 11.2. The van der Waals surface area contributed by atoms with Gasteiger partial charge in [-0.15, -0.1) is 0 Å². The van der Waals surface area contributed by atoms with Gasteiger partial charge in [-0.3, -0.25) is 0 Å². The first kappa shape index (κ1) is 15.2. The van der Waals surface area contributed by atoms with E-state index in [-0.39, 0.29) is 0 Å². The van der Waals surface area contributed by atoms with Gasteiger partial charge in [0.1, 0.15) is 5.75 Å². The molecule has 0 heterocycles. The Morgan fingerprint density at radius 1 is 1.10 bits per heavy atom. The first-order valence-electron chi connectivity index (χ1n) is 8.22. The number of allylic oxidation sites excluding steroid dienone is 2. The summed E-state index contributed by atoms with van der Waals surface area (Å²) in [5.41, 5.74) is 2.88. The largest absolute Gasteiger partial charge is 0.494 e. The van der Waals surface area contributed by atoms with Gasteiger partial charge >= 0.3 is 0 Å². The van der Waals surface area contributed by atoms with Crippen LogP contribution in [0.15, 0.2) is 30.3 Å². The molecule has 1 heteroatoms. The number of unbranched alkanes of at least 4 members (excludes halogenated alkanes) is 3. The van der Waals surface area contributed by atoms with Gasteiger partial charge in [-0.2, -0.15) is 0 Å². The maximum Gasteiger partial charge on any atom is 0.119 e. The minimum Gasteiger partial charge on any atom is -0.494 e. The van der Waals surface area contributed by atoms with Crippen LogP contribution in [0.4, 0.5) is 0 Å². The van der Waals surface area contributed by atoms with E-state index in [0.717, 1.165) is 18.3 Å². The minimum atomic E-state index is 0.847. The minimum absolute atomic E-state index is 0.847. The first-order chi connectivity index (χ1) is 9.79. The smallest absolute Gasteiger partial charge is 0.119 e. The molecule has 1 aromatic rings. The Morgan fingerprint density at radius 2 is 1.90 bits per heavy atom. The molecule has 1 aliphatic carbocycles. The first-order valence-corrected chi connectivity index (χ1v) is 8.22. The SMILES string of the molecule is CCCCCCOc1ccc(C2=CC[C@H](C)CC2)cc1. The lowest BCUT2D eigenvalue weighted by Gasteiger charge is -2.18. The number of hydrogen-bond donors (Lipinski definition) is 0. The van der Waals surface area contributed by atoms with Crippen molar-refractivity contribution in [3.63, 3.8) is 0 Å². The fourth-order valence-corrected chi connectivity index (χ4v) is 2.71. The van der Waals surface area contributed by atoms with Crippen molar-refractivity contribution in [1.29, 1.82) is 0 Å². The van der Waals surface area contributed by atoms with E-state index in [9.17, 15) is 0 Å². The zero-order valence-corrected chi connectivity index (χ0v) is 13.0. The zero-order chi connectivity index (χ0) is 14.2. The molecule has 0 spiro atoms. The average Bonchev–Trinajstić information content (AvgIpc) is 2.49. The zero-order valence-electron chi connectivity index (χ0n) is 13.0. The molecule has 1 aliphatic rings. The predicted molar refractivity (Wildman–Crippen MR) is 87.1 cm³/mol. The Morgan fingerprint density at radius 3 is 2.55 bits per heavy atom. The van der Waals surface area contributed by atoms with Gasteiger partial charge in [0.2, 0.25) is 0 Å². The molecule has 0 bridgehead atoms. The molecule has 2 rings (SSSR count). The van der Waals surface area contributed by atoms with E-state index in [0.29, 0.717) is 0 Å². The van der Waals surface area contributed by atoms with E-state index in [4.69, 9.17) is 4.74 Å². The van der Waals surface area contributed by atoms with E-state index >= 15 is 0 Å². The Hall–Kier alpha value is -1.24. The van der Waals surface area contributed by atoms with Gasteiger partial charge in [0, 0.05) is 0 Å². The highest BCUT2D eigenvalue weighted by Crippen LogP contribution is 2.30. The summed E-state index contributed by atoms with van der Waals surface area (Å²) in [6, 6.07) is 8.66. The van der Waals surface area contributed by atoms with Gasteiger partial charge in [0.25, 0.3) is 0 Å². The fourth-order valence-electron chi connectivity index (χ4n) is 2.71. The molecule has 0 radical (unpaired) electrons. The molecular formula is C19H28O. The van der Waals surface area contributed by atoms with E-state index in [1.807, 2.05) is 0 Å². The Labute approximate surface area is 124 Å². The van der Waals surface area contributed by atoms with Gasteiger partial charge < -0.3 is 4.74 Å². The molecular weight excluding hydrogens is 244 g/mol. The maximum atomic E-state index is 5.79. The van der Waals surface area contributed by atoms with Crippen molar-refractivity contribution >= 4 is 5.57 Å². The van der Waals surface area contributed by atoms with Gasteiger partial charge in [0.05, 0.1) is 6.61 Å². The highest BCUT2D eigenvalue weighted by molar-refractivity contribution is 5.66. The highest BCUT2D eigenvalue weighted by Gasteiger charge is 2.11. The lowest BCUT2D eigenvalue weighted by molar-refractivity contribution is 0.305. The summed E-state index contributed by atoms with van der Waals surface area (Å²) in [5.74, 6) is 1.86. The van der Waals surface area contributed by atoms with Crippen LogP contribution in [-0.2, 0) is 0 Å². The summed E-state index contributed by atoms with van der Waals surface area (Å²) in [5, 5.41) is 0. The maximum absolute atomic E-state index is 5.79. The lowest BCUT2D eigenvalue weighted by Crippen LogP contribution is -2.01. The third kappa shape index (κ3) is 4.70. The molecule has 0 unspecified atom stereocenters. The molecule has 0 N–H and O–H groups in total. The van der Waals surface area contributed by atoms with Gasteiger partial charge in [0.15, 0.2) is 0 Å². The second-order valence-electron chi connectivity index (χ2n) is 6.04. The Kier molecular flexibility index (Phi) is 6.17. The standard InChI is InChI=1S/C19H28O/c1-3-4-5-6-15-20-19-13-11-18(12-14-19)17-9-7-16(2)8-10-17/h9,11-14,16H,3-8,10,15H2,1-2H3/t16-/m0/s1. The van der Waals surface area contributed by atoms with Crippen LogP contribution >= 0.6 is 0 Å². The lowest BCUT2D eigenvalue weighted by atomic mass is 9.88. The molecule has 0 fully saturated rings. The van der Waals surface area contributed by atoms with Crippen LogP contribution in [-0.4, -0.2) is 6.61 Å². The second-order valence-corrected chi connectivity index (χ2v) is 6.04. The molecule has 0 saturated carbocycles. The van der Waals surface area contributed by atoms with E-state index in [2.05, 4.69) is 44.2 Å². The van der Waals surface area contributed by atoms with E-state index < -0.39 is 0 Å². The predicted octanol–water partition coefficient (Wildman–Crippen LogP) is 5.85. The van der Waals surface area contributed by atoms with Crippen molar-refractivity contribution < 1.29 is 4.74 Å². The molecule has 0 amide bonds. The molecule has 1 atom stereocenters. The molecule has 1 nitrogen and oxygen atoms in total. The van der Waals surface area contributed by atoms with Crippen molar-refractivity contribution in [2.45, 2.75) is 58.8 Å². The Balaban J connectivity index is 1.81. The van der Waals surface area contributed by atoms with Crippen LogP contribution in [0.5, 0.6) is 5.75 Å². The van der Waals surface area contributed by atoms with Crippen molar-refractivity contribution in [2.75, 3.05) is 6.61 Å². The highest BCUT2D eigenvalue weighted by atomic mass is 16.5. The Bertz CT molecular complexity index is 416. The van der Waals surface area contributed by atoms with Crippen LogP contribution in [0.25, 0.3) is 5.57 Å². The summed E-state index contributed by atoms with van der Waals surface area (Å²) >= 11 is 0. The van der Waals surface area contributed by atoms with Crippen molar-refractivity contribution in [3.05, 3.63) is 35.9 Å². The molecule has 1 aromatic carbocycles. The van der Waals surface area contributed by atoms with Crippen molar-refractivity contribution in [2.24, 2.45) is 5.92 Å². The van der Waals surface area contributed by atoms with Crippen molar-refractivity contribution in [3.8, 4) is 5.75 Å². The van der Waals surface area contributed by atoms with Gasteiger partial charge in [-0.05, 0) is 54.9 Å². The average molecular weight is 272 g/mol. The second kappa shape index (κ2) is 8.14. The number of ether oxygens (including phenoxy) is 1. The normalized spacial score (nSPS) is 18.7. The topological polar surface area (TPSA) is 9.23 Å². The molecule has 0 aliphatic heterocycles. The van der Waals surface area contributed by atoms with Crippen LogP contribution < -0.4 is 4.74 Å². The number of hydrogen-bond acceptors (Lipinski definition) is 1. The van der Waals surface area contributed by atoms with Gasteiger partial charge in [-0.25, -0.2) is 0 Å². The molecule has 0 aromatic heterocycles. The molecule has 0 saturated heterocycles. The molecule has 110 valence electrons. The molecule has 20 heavy (non-hydrogen) atoms. The number of rotatable bonds is 7. The summed E-state index contributed by atoms with van der Waals surface area (Å²) in [4.78, 5) is 0. The summed E-state index contributed by atoms with van der Waals surface area (Å²) in [7, 11) is 0. The van der Waals surface area contributed by atoms with Crippen molar-refractivity contribution in [1.82, 2.24) is 0 Å². The summed E-state index contributed by atoms with van der Waals surface area (Å²) < 4.78 is 5.79.